The Kier molecular flexibility index (Phi) is 7.87. The van der Waals surface area contributed by atoms with E-state index in [1.807, 2.05) is 6.07 Å². The van der Waals surface area contributed by atoms with E-state index < -0.39 is 12.1 Å². The number of furan rings is 1. The molecule has 23 heavy (non-hydrogen) atoms. The Morgan fingerprint density at radius 3 is 2.65 bits per heavy atom. The first-order chi connectivity index (χ1) is 10.9. The zero-order valence-corrected chi connectivity index (χ0v) is 14.5. The number of rotatable bonds is 7. The van der Waals surface area contributed by atoms with Crippen molar-refractivity contribution in [3.8, 4) is 11.8 Å². The van der Waals surface area contributed by atoms with Crippen LogP contribution in [0.4, 0.5) is 0 Å². The summed E-state index contributed by atoms with van der Waals surface area (Å²) in [6, 6.07) is 1.95. The third-order valence-electron chi connectivity index (χ3n) is 3.44. The average Bonchev–Trinajstić information content (AvgIpc) is 2.99. The summed E-state index contributed by atoms with van der Waals surface area (Å²) in [5.41, 5.74) is 1.07. The van der Waals surface area contributed by atoms with Gasteiger partial charge in [-0.3, -0.25) is 0 Å². The molecule has 128 valence electrons. The fraction of sp³-hybridized carbons (Fsp3) is 0.611. The number of ether oxygens (including phenoxy) is 3. The maximum Gasteiger partial charge on any atom is 0.384 e. The van der Waals surface area contributed by atoms with Crippen molar-refractivity contribution in [1.82, 2.24) is 0 Å². The molecule has 1 rings (SSSR count). The Hall–Kier alpha value is -1.77. The smallest absolute Gasteiger partial charge is 0.384 e. The minimum Gasteiger partial charge on any atom is -0.472 e. The highest BCUT2D eigenvalue weighted by Crippen LogP contribution is 2.39. The normalized spacial score (nSPS) is 13.8. The number of hydrogen-bond acceptors (Lipinski definition) is 5. The molecule has 0 aliphatic rings. The molecule has 5 nitrogen and oxygen atoms in total. The van der Waals surface area contributed by atoms with Gasteiger partial charge in [-0.2, -0.15) is 0 Å². The third-order valence-corrected chi connectivity index (χ3v) is 3.44. The van der Waals surface area contributed by atoms with Crippen LogP contribution in [0.2, 0.25) is 0 Å². The van der Waals surface area contributed by atoms with Gasteiger partial charge in [0.1, 0.15) is 12.9 Å². The van der Waals surface area contributed by atoms with Gasteiger partial charge in [-0.05, 0) is 36.3 Å². The zero-order valence-electron chi connectivity index (χ0n) is 14.5. The van der Waals surface area contributed by atoms with Crippen LogP contribution in [0.3, 0.4) is 0 Å². The maximum absolute atomic E-state index is 11.4. The van der Waals surface area contributed by atoms with Gasteiger partial charge >= 0.3 is 5.97 Å². The van der Waals surface area contributed by atoms with Crippen LogP contribution in [0.25, 0.3) is 0 Å². The fourth-order valence-electron chi connectivity index (χ4n) is 2.30. The van der Waals surface area contributed by atoms with Crippen LogP contribution < -0.4 is 0 Å². The van der Waals surface area contributed by atoms with Crippen LogP contribution in [0.15, 0.2) is 23.0 Å². The van der Waals surface area contributed by atoms with Gasteiger partial charge in [-0.1, -0.05) is 26.7 Å². The summed E-state index contributed by atoms with van der Waals surface area (Å²) in [5, 5.41) is 0. The van der Waals surface area contributed by atoms with E-state index in [1.54, 1.807) is 26.6 Å². The highest BCUT2D eigenvalue weighted by Gasteiger charge is 2.29. The van der Waals surface area contributed by atoms with E-state index in [4.69, 9.17) is 18.6 Å². The lowest BCUT2D eigenvalue weighted by atomic mass is 9.74. The first kappa shape index (κ1) is 19.3. The molecule has 0 radical (unpaired) electrons. The second-order valence-electron chi connectivity index (χ2n) is 6.26. The summed E-state index contributed by atoms with van der Waals surface area (Å²) in [5.74, 6) is 4.95. The Bertz CT molecular complexity index is 516. The molecule has 2 atom stereocenters. The third kappa shape index (κ3) is 6.89. The first-order valence-electron chi connectivity index (χ1n) is 7.69. The fourth-order valence-corrected chi connectivity index (χ4v) is 2.30. The second kappa shape index (κ2) is 9.39. The zero-order chi connectivity index (χ0) is 17.3. The van der Waals surface area contributed by atoms with Crippen LogP contribution in [0, 0.1) is 17.3 Å². The largest absolute Gasteiger partial charge is 0.472 e. The summed E-state index contributed by atoms with van der Waals surface area (Å²) < 4.78 is 20.6. The predicted molar refractivity (Wildman–Crippen MR) is 86.7 cm³/mol. The molecule has 0 bridgehead atoms. The molecule has 0 spiro atoms. The Morgan fingerprint density at radius 2 is 2.13 bits per heavy atom. The van der Waals surface area contributed by atoms with Gasteiger partial charge in [0.15, 0.2) is 0 Å². The van der Waals surface area contributed by atoms with Crippen molar-refractivity contribution in [2.75, 3.05) is 20.5 Å². The van der Waals surface area contributed by atoms with Gasteiger partial charge < -0.3 is 18.6 Å². The lowest BCUT2D eigenvalue weighted by Gasteiger charge is -2.31. The molecule has 1 heterocycles. The van der Waals surface area contributed by atoms with Crippen LogP contribution in [-0.4, -0.2) is 32.6 Å². The van der Waals surface area contributed by atoms with E-state index in [1.165, 1.54) is 0 Å². The summed E-state index contributed by atoms with van der Waals surface area (Å²) in [6.45, 7) is 8.61. The monoisotopic (exact) mass is 322 g/mol. The molecule has 0 N–H and O–H groups in total. The van der Waals surface area contributed by atoms with Gasteiger partial charge in [0, 0.05) is 13.0 Å². The van der Waals surface area contributed by atoms with E-state index in [9.17, 15) is 4.79 Å². The van der Waals surface area contributed by atoms with Crippen molar-refractivity contribution >= 4 is 5.97 Å². The molecular weight excluding hydrogens is 296 g/mol. The van der Waals surface area contributed by atoms with Crippen molar-refractivity contribution < 1.29 is 23.4 Å². The molecular formula is C18H26O5. The molecule has 0 saturated carbocycles. The molecule has 0 aliphatic carbocycles. The van der Waals surface area contributed by atoms with Crippen molar-refractivity contribution in [3.05, 3.63) is 24.2 Å². The summed E-state index contributed by atoms with van der Waals surface area (Å²) in [7, 11) is 1.55. The van der Waals surface area contributed by atoms with Crippen LogP contribution in [0.5, 0.6) is 0 Å². The van der Waals surface area contributed by atoms with E-state index in [2.05, 4.69) is 32.6 Å². The standard InChI is InChI=1S/C18H26O5/c1-6-22-17(19)8-7-15(23-13-20-5)11-16(18(2,3)4)14-9-10-21-12-14/h9-10,12,15-16H,6,11,13H2,1-5H3/t15-,16+/m0/s1. The minimum absolute atomic E-state index is 0.00976. The Labute approximate surface area is 138 Å². The van der Waals surface area contributed by atoms with E-state index >= 15 is 0 Å². The Morgan fingerprint density at radius 1 is 1.39 bits per heavy atom. The summed E-state index contributed by atoms with van der Waals surface area (Å²) in [4.78, 5) is 11.4. The maximum atomic E-state index is 11.4. The average molecular weight is 322 g/mol. The molecule has 1 aromatic heterocycles. The SMILES string of the molecule is CCOC(=O)C#C[C@@H](C[C@H](c1ccoc1)C(C)(C)C)OCOC. The molecule has 1 aromatic rings. The van der Waals surface area contributed by atoms with Crippen LogP contribution in [-0.2, 0) is 19.0 Å². The molecule has 0 amide bonds. The van der Waals surface area contributed by atoms with E-state index in [0.29, 0.717) is 13.0 Å². The first-order valence-corrected chi connectivity index (χ1v) is 7.69. The van der Waals surface area contributed by atoms with Crippen molar-refractivity contribution in [2.45, 2.75) is 46.1 Å². The van der Waals surface area contributed by atoms with Gasteiger partial charge in [-0.25, -0.2) is 4.79 Å². The van der Waals surface area contributed by atoms with Crippen molar-refractivity contribution in [3.63, 3.8) is 0 Å². The number of carbonyl (C=O) groups excluding carboxylic acids is 1. The molecule has 5 heteroatoms. The van der Waals surface area contributed by atoms with Gasteiger partial charge in [0.25, 0.3) is 0 Å². The summed E-state index contributed by atoms with van der Waals surface area (Å²) in [6.07, 6.45) is 3.59. The lowest BCUT2D eigenvalue weighted by molar-refractivity contribution is -0.136. The van der Waals surface area contributed by atoms with Gasteiger partial charge in [-0.15, -0.1) is 0 Å². The molecule has 0 aliphatic heterocycles. The van der Waals surface area contributed by atoms with Gasteiger partial charge in [0.05, 0.1) is 19.1 Å². The topological polar surface area (TPSA) is 57.9 Å². The highest BCUT2D eigenvalue weighted by atomic mass is 16.7. The van der Waals surface area contributed by atoms with Gasteiger partial charge in [0.2, 0.25) is 0 Å². The molecule has 0 saturated heterocycles. The minimum atomic E-state index is -0.547. The van der Waals surface area contributed by atoms with Crippen molar-refractivity contribution in [2.24, 2.45) is 5.41 Å². The number of carbonyl (C=O) groups is 1. The molecule has 0 unspecified atom stereocenters. The summed E-state index contributed by atoms with van der Waals surface area (Å²) >= 11 is 0. The number of hydrogen-bond donors (Lipinski definition) is 0. The Balaban J connectivity index is 2.90. The number of methoxy groups -OCH3 is 1. The number of esters is 1. The van der Waals surface area contributed by atoms with E-state index in [0.717, 1.165) is 5.56 Å². The highest BCUT2D eigenvalue weighted by molar-refractivity contribution is 5.88. The van der Waals surface area contributed by atoms with E-state index in [-0.39, 0.29) is 18.1 Å². The second-order valence-corrected chi connectivity index (χ2v) is 6.26. The van der Waals surface area contributed by atoms with Crippen LogP contribution in [0.1, 0.15) is 45.6 Å². The lowest BCUT2D eigenvalue weighted by Crippen LogP contribution is -2.25. The van der Waals surface area contributed by atoms with Crippen LogP contribution >= 0.6 is 0 Å². The molecule has 0 aromatic carbocycles. The quantitative estimate of drug-likeness (QED) is 0.333. The molecule has 0 fully saturated rings. The van der Waals surface area contributed by atoms with Crippen molar-refractivity contribution in [1.29, 1.82) is 0 Å². The predicted octanol–water partition coefficient (Wildman–Crippen LogP) is 3.36.